The molecule has 2 N–H and O–H groups in total. The minimum atomic E-state index is -0.329. The van der Waals surface area contributed by atoms with Gasteiger partial charge in [-0.25, -0.2) is 5.43 Å². The first-order chi connectivity index (χ1) is 11.6. The van der Waals surface area contributed by atoms with Crippen LogP contribution >= 0.6 is 0 Å². The molecule has 0 aliphatic rings. The maximum absolute atomic E-state index is 12.1. The molecule has 6 nitrogen and oxygen atoms in total. The zero-order valence-corrected chi connectivity index (χ0v) is 13.8. The second-order valence-corrected chi connectivity index (χ2v) is 5.34. The van der Waals surface area contributed by atoms with Crippen LogP contribution in [0.1, 0.15) is 49.2 Å². The van der Waals surface area contributed by atoms with Crippen LogP contribution in [-0.4, -0.2) is 17.5 Å². The Balaban J connectivity index is 1.91. The van der Waals surface area contributed by atoms with E-state index in [1.807, 2.05) is 6.92 Å². The Morgan fingerprint density at radius 2 is 1.92 bits per heavy atom. The van der Waals surface area contributed by atoms with Crippen molar-refractivity contribution < 1.29 is 14.0 Å². The second kappa shape index (κ2) is 8.67. The van der Waals surface area contributed by atoms with Gasteiger partial charge in [0.2, 0.25) is 5.91 Å². The minimum Gasteiger partial charge on any atom is -0.463 e. The lowest BCUT2D eigenvalue weighted by molar-refractivity contribution is -0.116. The van der Waals surface area contributed by atoms with Crippen LogP contribution in [0.3, 0.4) is 0 Å². The van der Waals surface area contributed by atoms with Crippen LogP contribution in [0.25, 0.3) is 0 Å². The Morgan fingerprint density at radius 1 is 1.17 bits per heavy atom. The zero-order valence-electron chi connectivity index (χ0n) is 13.8. The molecule has 6 heteroatoms. The number of unbranched alkanes of at least 4 members (excludes halogenated alkanes) is 1. The fourth-order valence-corrected chi connectivity index (χ4v) is 2.00. The molecule has 2 aromatic rings. The van der Waals surface area contributed by atoms with E-state index in [4.69, 9.17) is 4.42 Å². The van der Waals surface area contributed by atoms with Gasteiger partial charge in [-0.2, -0.15) is 5.10 Å². The third-order valence-electron chi connectivity index (χ3n) is 3.39. The molecule has 0 unspecified atom stereocenters. The summed E-state index contributed by atoms with van der Waals surface area (Å²) in [6.07, 6.45) is 3.88. The van der Waals surface area contributed by atoms with Gasteiger partial charge in [0, 0.05) is 17.7 Å². The molecule has 1 aromatic heterocycles. The Labute approximate surface area is 140 Å². The van der Waals surface area contributed by atoms with Gasteiger partial charge >= 0.3 is 0 Å². The number of hydrogen-bond acceptors (Lipinski definition) is 4. The molecule has 0 saturated heterocycles. The molecule has 0 radical (unpaired) electrons. The number of nitrogens with zero attached hydrogens (tertiary/aromatic N) is 1. The maximum atomic E-state index is 12.1. The highest BCUT2D eigenvalue weighted by Gasteiger charge is 2.07. The summed E-state index contributed by atoms with van der Waals surface area (Å²) in [6, 6.07) is 10.2. The summed E-state index contributed by atoms with van der Waals surface area (Å²) < 4.78 is 5.19. The molecule has 0 saturated carbocycles. The van der Waals surface area contributed by atoms with E-state index in [2.05, 4.69) is 15.8 Å². The lowest BCUT2D eigenvalue weighted by atomic mass is 10.2. The van der Waals surface area contributed by atoms with E-state index in [0.717, 1.165) is 12.8 Å². The molecule has 0 aliphatic heterocycles. The lowest BCUT2D eigenvalue weighted by Gasteiger charge is -2.06. The average Bonchev–Trinajstić information content (AvgIpc) is 3.13. The summed E-state index contributed by atoms with van der Waals surface area (Å²) in [5, 5.41) is 6.80. The summed E-state index contributed by atoms with van der Waals surface area (Å²) in [5.74, 6) is 0.248. The number of carbonyl (C=O) groups is 2. The van der Waals surface area contributed by atoms with E-state index in [-0.39, 0.29) is 11.8 Å². The molecule has 0 atom stereocenters. The number of nitrogens with one attached hydrogen (secondary N) is 2. The van der Waals surface area contributed by atoms with E-state index in [9.17, 15) is 9.59 Å². The van der Waals surface area contributed by atoms with Gasteiger partial charge in [0.1, 0.15) is 11.5 Å². The largest absolute Gasteiger partial charge is 0.463 e. The number of rotatable bonds is 7. The van der Waals surface area contributed by atoms with Gasteiger partial charge in [-0.05, 0) is 49.7 Å². The van der Waals surface area contributed by atoms with Crippen LogP contribution in [-0.2, 0) is 4.79 Å². The number of anilines is 1. The monoisotopic (exact) mass is 327 g/mol. The average molecular weight is 327 g/mol. The Kier molecular flexibility index (Phi) is 6.31. The number of amides is 2. The molecule has 126 valence electrons. The lowest BCUT2D eigenvalue weighted by Crippen LogP contribution is -2.19. The molecular formula is C18H21N3O3. The van der Waals surface area contributed by atoms with Crippen molar-refractivity contribution in [3.05, 3.63) is 54.0 Å². The van der Waals surface area contributed by atoms with E-state index in [1.165, 1.54) is 0 Å². The molecule has 0 fully saturated rings. The predicted octanol–water partition coefficient (Wildman–Crippen LogP) is 3.56. The fraction of sp³-hybridized carbons (Fsp3) is 0.278. The first-order valence-corrected chi connectivity index (χ1v) is 7.88. The summed E-state index contributed by atoms with van der Waals surface area (Å²) in [5.41, 5.74) is 4.18. The van der Waals surface area contributed by atoms with Crippen LogP contribution in [0, 0.1) is 0 Å². The molecule has 2 rings (SSSR count). The van der Waals surface area contributed by atoms with Crippen molar-refractivity contribution in [1.82, 2.24) is 5.43 Å². The number of hydrazone groups is 1. The number of hydrogen-bond donors (Lipinski definition) is 2. The van der Waals surface area contributed by atoms with E-state index in [0.29, 0.717) is 29.1 Å². The first kappa shape index (κ1) is 17.5. The quantitative estimate of drug-likeness (QED) is 0.602. The fourth-order valence-electron chi connectivity index (χ4n) is 2.00. The van der Waals surface area contributed by atoms with E-state index < -0.39 is 0 Å². The van der Waals surface area contributed by atoms with E-state index in [1.54, 1.807) is 49.6 Å². The second-order valence-electron chi connectivity index (χ2n) is 5.34. The van der Waals surface area contributed by atoms with Crippen LogP contribution in [0.4, 0.5) is 5.69 Å². The summed E-state index contributed by atoms with van der Waals surface area (Å²) in [7, 11) is 0. The first-order valence-electron chi connectivity index (χ1n) is 7.88. The molecule has 0 aliphatic carbocycles. The molecular weight excluding hydrogens is 306 g/mol. The number of carbonyl (C=O) groups excluding carboxylic acids is 2. The van der Waals surface area contributed by atoms with Crippen molar-refractivity contribution in [2.45, 2.75) is 33.1 Å². The highest BCUT2D eigenvalue weighted by Crippen LogP contribution is 2.11. The molecule has 2 amide bonds. The van der Waals surface area contributed by atoms with Gasteiger partial charge < -0.3 is 9.73 Å². The van der Waals surface area contributed by atoms with Crippen molar-refractivity contribution in [3.8, 4) is 0 Å². The summed E-state index contributed by atoms with van der Waals surface area (Å²) >= 11 is 0. The van der Waals surface area contributed by atoms with Gasteiger partial charge in [0.15, 0.2) is 0 Å². The van der Waals surface area contributed by atoms with Crippen molar-refractivity contribution in [2.75, 3.05) is 5.32 Å². The van der Waals surface area contributed by atoms with Crippen molar-refractivity contribution in [2.24, 2.45) is 5.10 Å². The highest BCUT2D eigenvalue weighted by atomic mass is 16.3. The Bertz CT molecular complexity index is 704. The number of benzene rings is 1. The predicted molar refractivity (Wildman–Crippen MR) is 93.0 cm³/mol. The number of furan rings is 1. The van der Waals surface area contributed by atoms with Gasteiger partial charge in [0.25, 0.3) is 5.91 Å². The van der Waals surface area contributed by atoms with Crippen molar-refractivity contribution in [1.29, 1.82) is 0 Å². The summed E-state index contributed by atoms with van der Waals surface area (Å²) in [6.45, 7) is 3.78. The third kappa shape index (κ3) is 5.08. The maximum Gasteiger partial charge on any atom is 0.271 e. The summed E-state index contributed by atoms with van der Waals surface area (Å²) in [4.78, 5) is 23.7. The third-order valence-corrected chi connectivity index (χ3v) is 3.39. The van der Waals surface area contributed by atoms with Crippen molar-refractivity contribution >= 4 is 23.2 Å². The SMILES string of the molecule is CCCCC(=O)Nc1ccc(C(=O)N/N=C(\C)c2ccco2)cc1. The molecule has 0 spiro atoms. The topological polar surface area (TPSA) is 83.7 Å². The van der Waals surface area contributed by atoms with Crippen molar-refractivity contribution in [3.63, 3.8) is 0 Å². The van der Waals surface area contributed by atoms with Crippen LogP contribution < -0.4 is 10.7 Å². The zero-order chi connectivity index (χ0) is 17.4. The van der Waals surface area contributed by atoms with Gasteiger partial charge in [0.05, 0.1) is 6.26 Å². The molecule has 24 heavy (non-hydrogen) atoms. The molecule has 1 aromatic carbocycles. The van der Waals surface area contributed by atoms with Gasteiger partial charge in [-0.1, -0.05) is 13.3 Å². The van der Waals surface area contributed by atoms with E-state index >= 15 is 0 Å². The Morgan fingerprint density at radius 3 is 2.54 bits per heavy atom. The van der Waals surface area contributed by atoms with Crippen LogP contribution in [0.2, 0.25) is 0 Å². The van der Waals surface area contributed by atoms with Gasteiger partial charge in [-0.3, -0.25) is 9.59 Å². The normalized spacial score (nSPS) is 11.2. The Hall–Kier alpha value is -2.89. The molecule has 0 bridgehead atoms. The highest BCUT2D eigenvalue weighted by molar-refractivity contribution is 5.99. The standard InChI is InChI=1S/C18H21N3O3/c1-3-4-7-17(22)19-15-10-8-14(9-11-15)18(23)21-20-13(2)16-6-5-12-24-16/h5-6,8-12H,3-4,7H2,1-2H3,(H,19,22)(H,21,23)/b20-13+. The van der Waals surface area contributed by atoms with Crippen LogP contribution in [0.15, 0.2) is 52.2 Å². The van der Waals surface area contributed by atoms with Crippen LogP contribution in [0.5, 0.6) is 0 Å². The minimum absolute atomic E-state index is 0.0206. The smallest absolute Gasteiger partial charge is 0.271 e. The van der Waals surface area contributed by atoms with Gasteiger partial charge in [-0.15, -0.1) is 0 Å². The molecule has 1 heterocycles.